The zero-order valence-electron chi connectivity index (χ0n) is 14.3. The third-order valence-electron chi connectivity index (χ3n) is 3.43. The molecule has 1 amide bonds. The van der Waals surface area contributed by atoms with Crippen LogP contribution in [-0.2, 0) is 14.3 Å². The van der Waals surface area contributed by atoms with Gasteiger partial charge in [0, 0.05) is 17.3 Å². The van der Waals surface area contributed by atoms with E-state index in [9.17, 15) is 9.59 Å². The summed E-state index contributed by atoms with van der Waals surface area (Å²) >= 11 is 0. The molecule has 2 aromatic rings. The molecule has 2 rings (SSSR count). The average Bonchev–Trinajstić information content (AvgIpc) is 2.62. The maximum Gasteiger partial charge on any atom is 0.331 e. The van der Waals surface area contributed by atoms with Gasteiger partial charge in [-0.2, -0.15) is 0 Å². The monoisotopic (exact) mass is 335 g/mol. The number of anilines is 1. The Kier molecular flexibility index (Phi) is 6.72. The highest BCUT2D eigenvalue weighted by Gasteiger charge is 2.24. The molecular weight excluding hydrogens is 314 g/mol. The van der Waals surface area contributed by atoms with Crippen molar-refractivity contribution >= 4 is 17.6 Å². The molecule has 0 fully saturated rings. The van der Waals surface area contributed by atoms with Gasteiger partial charge in [0.15, 0.2) is 0 Å². The van der Waals surface area contributed by atoms with Gasteiger partial charge in [-0.3, -0.25) is 4.79 Å². The number of aryl methyl sites for hydroxylation is 1. The molecule has 0 saturated carbocycles. The van der Waals surface area contributed by atoms with E-state index in [2.05, 4.69) is 5.32 Å². The van der Waals surface area contributed by atoms with Crippen LogP contribution in [0, 0.1) is 6.92 Å². The van der Waals surface area contributed by atoms with Crippen LogP contribution in [0.2, 0.25) is 0 Å². The Balaban J connectivity index is 2.17. The third-order valence-corrected chi connectivity index (χ3v) is 3.43. The second-order valence-corrected chi connectivity index (χ2v) is 5.47. The van der Waals surface area contributed by atoms with Crippen LogP contribution in [-0.4, -0.2) is 11.9 Å². The van der Waals surface area contributed by atoms with E-state index in [0.29, 0.717) is 11.3 Å². The van der Waals surface area contributed by atoms with Crippen molar-refractivity contribution in [2.75, 3.05) is 5.32 Å². The Morgan fingerprint density at radius 3 is 2.32 bits per heavy atom. The number of amides is 1. The second kappa shape index (κ2) is 9.23. The highest BCUT2D eigenvalue weighted by Crippen LogP contribution is 2.20. The average molecular weight is 335 g/mol. The Morgan fingerprint density at radius 2 is 1.68 bits per heavy atom. The van der Waals surface area contributed by atoms with Crippen molar-refractivity contribution in [1.29, 1.82) is 0 Å². The summed E-state index contributed by atoms with van der Waals surface area (Å²) in [6.07, 6.45) is 5.34. The Labute approximate surface area is 147 Å². The molecule has 1 atom stereocenters. The van der Waals surface area contributed by atoms with Crippen LogP contribution >= 0.6 is 0 Å². The normalized spacial score (nSPS) is 12.2. The highest BCUT2D eigenvalue weighted by molar-refractivity contribution is 5.96. The van der Waals surface area contributed by atoms with Gasteiger partial charge in [-0.25, -0.2) is 4.79 Å². The minimum atomic E-state index is -1.02. The van der Waals surface area contributed by atoms with Crippen molar-refractivity contribution in [2.45, 2.75) is 20.0 Å². The van der Waals surface area contributed by atoms with Gasteiger partial charge in [0.05, 0.1) is 0 Å². The minimum Gasteiger partial charge on any atom is -0.444 e. The zero-order valence-corrected chi connectivity index (χ0v) is 14.3. The number of ether oxygens (including phenoxy) is 1. The molecule has 0 radical (unpaired) electrons. The van der Waals surface area contributed by atoms with E-state index in [1.165, 1.54) is 6.08 Å². The summed E-state index contributed by atoms with van der Waals surface area (Å²) in [6.45, 7) is 3.81. The summed E-state index contributed by atoms with van der Waals surface area (Å²) in [5, 5.41) is 2.79. The predicted octanol–water partition coefficient (Wildman–Crippen LogP) is 4.35. The van der Waals surface area contributed by atoms with Crippen molar-refractivity contribution < 1.29 is 14.3 Å². The van der Waals surface area contributed by atoms with Gasteiger partial charge in [-0.15, -0.1) is 0 Å². The van der Waals surface area contributed by atoms with Crippen molar-refractivity contribution in [3.8, 4) is 0 Å². The van der Waals surface area contributed by atoms with E-state index in [1.54, 1.807) is 42.5 Å². The fourth-order valence-electron chi connectivity index (χ4n) is 2.15. The number of esters is 1. The summed E-state index contributed by atoms with van der Waals surface area (Å²) in [7, 11) is 0. The molecule has 0 aliphatic carbocycles. The van der Waals surface area contributed by atoms with Crippen molar-refractivity contribution in [3.63, 3.8) is 0 Å². The molecule has 1 N–H and O–H groups in total. The number of carbonyl (C=O) groups excluding carboxylic acids is 2. The number of carbonyl (C=O) groups is 2. The van der Waals surface area contributed by atoms with Gasteiger partial charge in [-0.05, 0) is 26.0 Å². The van der Waals surface area contributed by atoms with Crippen LogP contribution in [0.25, 0.3) is 0 Å². The summed E-state index contributed by atoms with van der Waals surface area (Å²) in [5.74, 6) is -0.978. The highest BCUT2D eigenvalue weighted by atomic mass is 16.5. The molecule has 0 unspecified atom stereocenters. The Morgan fingerprint density at radius 1 is 1.00 bits per heavy atom. The standard InChI is InChI=1S/C21H21NO3/c1-3-4-6-11-19(23)25-20(17-9-7-5-8-10-17)21(24)22-18-14-12-16(2)13-15-18/h3-15,20H,1-2H3,(H,22,24)/b4-3+,11-6+/t20-/m1/s1. The summed E-state index contributed by atoms with van der Waals surface area (Å²) in [5.41, 5.74) is 2.36. The molecule has 0 spiro atoms. The van der Waals surface area contributed by atoms with E-state index < -0.39 is 18.0 Å². The van der Waals surface area contributed by atoms with Gasteiger partial charge in [0.1, 0.15) is 0 Å². The second-order valence-electron chi connectivity index (χ2n) is 5.47. The van der Waals surface area contributed by atoms with Crippen LogP contribution in [0.15, 0.2) is 78.9 Å². The zero-order chi connectivity index (χ0) is 18.1. The Bertz CT molecular complexity index is 761. The summed E-state index contributed by atoms with van der Waals surface area (Å²) in [6, 6.07) is 16.4. The van der Waals surface area contributed by atoms with Crippen LogP contribution in [0.1, 0.15) is 24.2 Å². The van der Waals surface area contributed by atoms with Crippen molar-refractivity contribution in [2.24, 2.45) is 0 Å². The topological polar surface area (TPSA) is 55.4 Å². The maximum absolute atomic E-state index is 12.6. The number of hydrogen-bond donors (Lipinski definition) is 1. The van der Waals surface area contributed by atoms with Crippen molar-refractivity contribution in [1.82, 2.24) is 0 Å². The quantitative estimate of drug-likeness (QED) is 0.485. The van der Waals surface area contributed by atoms with E-state index in [4.69, 9.17) is 4.74 Å². The first kappa shape index (κ1) is 18.2. The molecule has 4 nitrogen and oxygen atoms in total. The molecule has 128 valence electrons. The molecule has 25 heavy (non-hydrogen) atoms. The number of rotatable bonds is 6. The maximum atomic E-state index is 12.6. The van der Waals surface area contributed by atoms with E-state index in [1.807, 2.05) is 44.2 Å². The molecule has 0 aliphatic rings. The van der Waals surface area contributed by atoms with E-state index in [0.717, 1.165) is 5.56 Å². The van der Waals surface area contributed by atoms with E-state index >= 15 is 0 Å². The number of benzene rings is 2. The lowest BCUT2D eigenvalue weighted by atomic mass is 10.1. The third kappa shape index (κ3) is 5.77. The largest absolute Gasteiger partial charge is 0.444 e. The predicted molar refractivity (Wildman–Crippen MR) is 99.0 cm³/mol. The SMILES string of the molecule is C/C=C/C=C/C(=O)O[C@@H](C(=O)Nc1ccc(C)cc1)c1ccccc1. The molecular formula is C21H21NO3. The van der Waals surface area contributed by atoms with Crippen LogP contribution in [0.4, 0.5) is 5.69 Å². The van der Waals surface area contributed by atoms with Gasteiger partial charge >= 0.3 is 5.97 Å². The first-order valence-electron chi connectivity index (χ1n) is 8.02. The van der Waals surface area contributed by atoms with Crippen LogP contribution in [0.5, 0.6) is 0 Å². The first-order chi connectivity index (χ1) is 12.1. The first-order valence-corrected chi connectivity index (χ1v) is 8.02. The Hall–Kier alpha value is -3.14. The molecule has 0 heterocycles. The fourth-order valence-corrected chi connectivity index (χ4v) is 2.15. The lowest BCUT2D eigenvalue weighted by Gasteiger charge is -2.17. The van der Waals surface area contributed by atoms with Gasteiger partial charge in [0.25, 0.3) is 5.91 Å². The van der Waals surface area contributed by atoms with Gasteiger partial charge in [-0.1, -0.05) is 66.3 Å². The van der Waals surface area contributed by atoms with Gasteiger partial charge < -0.3 is 10.1 Å². The van der Waals surface area contributed by atoms with E-state index in [-0.39, 0.29) is 0 Å². The molecule has 4 heteroatoms. The van der Waals surface area contributed by atoms with Crippen molar-refractivity contribution in [3.05, 3.63) is 90.0 Å². The van der Waals surface area contributed by atoms with Crippen LogP contribution < -0.4 is 5.32 Å². The molecule has 0 aliphatic heterocycles. The smallest absolute Gasteiger partial charge is 0.331 e. The number of hydrogen-bond acceptors (Lipinski definition) is 3. The van der Waals surface area contributed by atoms with Crippen LogP contribution in [0.3, 0.4) is 0 Å². The molecule has 0 aromatic heterocycles. The number of nitrogens with one attached hydrogen (secondary N) is 1. The lowest BCUT2D eigenvalue weighted by Crippen LogP contribution is -2.25. The number of allylic oxidation sites excluding steroid dienone is 3. The minimum absolute atomic E-state index is 0.400. The van der Waals surface area contributed by atoms with Gasteiger partial charge in [0.2, 0.25) is 6.10 Å². The fraction of sp³-hybridized carbons (Fsp3) is 0.143. The molecule has 0 saturated heterocycles. The summed E-state index contributed by atoms with van der Waals surface area (Å²) in [4.78, 5) is 24.6. The molecule has 2 aromatic carbocycles. The summed E-state index contributed by atoms with van der Waals surface area (Å²) < 4.78 is 5.37. The molecule has 0 bridgehead atoms. The lowest BCUT2D eigenvalue weighted by molar-refractivity contribution is -0.149.